The van der Waals surface area contributed by atoms with Gasteiger partial charge in [-0.25, -0.2) is 17.6 Å². The van der Waals surface area contributed by atoms with Crippen LogP contribution >= 0.6 is 0 Å². The van der Waals surface area contributed by atoms with Crippen LogP contribution in [0.5, 0.6) is 0 Å². The molecule has 1 N–H and O–H groups in total. The van der Waals surface area contributed by atoms with Crippen molar-refractivity contribution in [2.24, 2.45) is 0 Å². The van der Waals surface area contributed by atoms with Crippen molar-refractivity contribution in [3.63, 3.8) is 0 Å². The molecule has 20 heavy (non-hydrogen) atoms. The Labute approximate surface area is 116 Å². The van der Waals surface area contributed by atoms with Gasteiger partial charge in [0.25, 0.3) is 0 Å². The van der Waals surface area contributed by atoms with E-state index in [-0.39, 0.29) is 10.5 Å². The van der Waals surface area contributed by atoms with Crippen molar-refractivity contribution >= 4 is 15.8 Å². The predicted octanol–water partition coefficient (Wildman–Crippen LogP) is 1.79. The first kappa shape index (κ1) is 14.9. The Hall–Kier alpha value is -1.47. The van der Waals surface area contributed by atoms with Gasteiger partial charge in [-0.15, -0.1) is 0 Å². The van der Waals surface area contributed by atoms with E-state index in [0.717, 1.165) is 6.07 Å². The number of rotatable bonds is 3. The number of hydrogen-bond donors (Lipinski definition) is 1. The average Bonchev–Trinajstić information content (AvgIpc) is 2.42. The lowest BCUT2D eigenvalue weighted by Gasteiger charge is -2.22. The quantitative estimate of drug-likeness (QED) is 0.861. The number of sulfone groups is 1. The van der Waals surface area contributed by atoms with Gasteiger partial charge in [-0.05, 0) is 37.5 Å². The third-order valence-electron chi connectivity index (χ3n) is 3.39. The zero-order chi connectivity index (χ0) is 14.9. The maximum atomic E-state index is 13.7. The lowest BCUT2D eigenvalue weighted by Crippen LogP contribution is -2.29. The smallest absolute Gasteiger partial charge is 0.338 e. The van der Waals surface area contributed by atoms with Gasteiger partial charge in [0.2, 0.25) is 0 Å². The minimum atomic E-state index is -3.67. The van der Waals surface area contributed by atoms with Gasteiger partial charge in [-0.3, -0.25) is 0 Å². The van der Waals surface area contributed by atoms with Gasteiger partial charge in [-0.1, -0.05) is 0 Å². The van der Waals surface area contributed by atoms with Crippen molar-refractivity contribution in [1.29, 1.82) is 0 Å². The fraction of sp³-hybridized carbons (Fsp3) is 0.462. The lowest BCUT2D eigenvalue weighted by molar-refractivity contribution is 0.0691. The summed E-state index contributed by atoms with van der Waals surface area (Å²) in [5.74, 6) is -2.38. The van der Waals surface area contributed by atoms with Crippen LogP contribution in [0.2, 0.25) is 0 Å². The summed E-state index contributed by atoms with van der Waals surface area (Å²) in [6.45, 7) is 2.07. The second kappa shape index (κ2) is 5.49. The molecule has 0 aliphatic carbocycles. The lowest BCUT2D eigenvalue weighted by atomic mass is 10.1. The fourth-order valence-corrected chi connectivity index (χ4v) is 4.06. The topological polar surface area (TPSA) is 80.7 Å². The molecule has 0 saturated carbocycles. The van der Waals surface area contributed by atoms with Crippen molar-refractivity contribution in [1.82, 2.24) is 0 Å². The number of aryl methyl sites for hydroxylation is 1. The van der Waals surface area contributed by atoms with E-state index in [0.29, 0.717) is 26.1 Å². The van der Waals surface area contributed by atoms with Crippen molar-refractivity contribution in [2.75, 3.05) is 13.2 Å². The van der Waals surface area contributed by atoms with Crippen LogP contribution in [0, 0.1) is 12.7 Å². The van der Waals surface area contributed by atoms with Crippen LogP contribution in [0.4, 0.5) is 4.39 Å². The van der Waals surface area contributed by atoms with E-state index in [1.165, 1.54) is 13.0 Å². The van der Waals surface area contributed by atoms with E-state index >= 15 is 0 Å². The molecule has 1 aromatic carbocycles. The minimum Gasteiger partial charge on any atom is -0.478 e. The average molecular weight is 302 g/mol. The van der Waals surface area contributed by atoms with Gasteiger partial charge in [0.1, 0.15) is 5.82 Å². The second-order valence-electron chi connectivity index (χ2n) is 4.76. The number of ether oxygens (including phenoxy) is 1. The van der Waals surface area contributed by atoms with Gasteiger partial charge < -0.3 is 9.84 Å². The predicted molar refractivity (Wildman–Crippen MR) is 69.1 cm³/mol. The maximum Gasteiger partial charge on any atom is 0.338 e. The Balaban J connectivity index is 2.49. The van der Waals surface area contributed by atoms with Crippen molar-refractivity contribution in [2.45, 2.75) is 29.9 Å². The summed E-state index contributed by atoms with van der Waals surface area (Å²) in [5.41, 5.74) is -0.605. The van der Waals surface area contributed by atoms with Gasteiger partial charge in [0, 0.05) is 13.2 Å². The molecule has 1 heterocycles. The van der Waals surface area contributed by atoms with Crippen LogP contribution in [-0.2, 0) is 14.6 Å². The molecule has 1 fully saturated rings. The summed E-state index contributed by atoms with van der Waals surface area (Å²) in [6, 6.07) is 2.09. The minimum absolute atomic E-state index is 0.00975. The normalized spacial score (nSPS) is 17.1. The molecule has 0 bridgehead atoms. The highest BCUT2D eigenvalue weighted by Gasteiger charge is 2.31. The highest BCUT2D eigenvalue weighted by Crippen LogP contribution is 2.26. The second-order valence-corrected chi connectivity index (χ2v) is 6.99. The number of halogens is 1. The van der Waals surface area contributed by atoms with Crippen molar-refractivity contribution < 1.29 is 27.4 Å². The fourth-order valence-electron chi connectivity index (χ4n) is 2.24. The molecule has 0 amide bonds. The molecular formula is C13H15FO5S. The molecule has 1 aliphatic heterocycles. The Morgan fingerprint density at radius 3 is 2.50 bits per heavy atom. The van der Waals surface area contributed by atoms with Crippen LogP contribution in [0.1, 0.15) is 28.8 Å². The van der Waals surface area contributed by atoms with E-state index in [2.05, 4.69) is 0 Å². The molecule has 1 aliphatic rings. The molecule has 0 aromatic heterocycles. The first-order chi connectivity index (χ1) is 9.34. The van der Waals surface area contributed by atoms with Gasteiger partial charge in [0.05, 0.1) is 15.7 Å². The molecular weight excluding hydrogens is 287 g/mol. The molecule has 7 heteroatoms. The van der Waals surface area contributed by atoms with E-state index in [9.17, 15) is 17.6 Å². The van der Waals surface area contributed by atoms with Crippen molar-refractivity contribution in [3.05, 3.63) is 29.1 Å². The van der Waals surface area contributed by atoms with E-state index in [1.54, 1.807) is 0 Å². The summed E-state index contributed by atoms with van der Waals surface area (Å²) in [4.78, 5) is 10.8. The van der Waals surface area contributed by atoms with Crippen LogP contribution in [0.25, 0.3) is 0 Å². The monoisotopic (exact) mass is 302 g/mol. The summed E-state index contributed by atoms with van der Waals surface area (Å²) < 4.78 is 43.7. The van der Waals surface area contributed by atoms with Crippen LogP contribution in [0.3, 0.4) is 0 Å². The first-order valence-electron chi connectivity index (χ1n) is 6.19. The maximum absolute atomic E-state index is 13.7. The molecule has 0 radical (unpaired) electrons. The van der Waals surface area contributed by atoms with Gasteiger partial charge in [-0.2, -0.15) is 0 Å². The molecule has 1 aromatic rings. The molecule has 5 nitrogen and oxygen atoms in total. The first-order valence-corrected chi connectivity index (χ1v) is 7.73. The standard InChI is InChI=1S/C13H15FO5S/c1-8-6-10(7-11(12(8)14)13(15)16)20(17,18)9-2-4-19-5-3-9/h6-7,9H,2-5H2,1H3,(H,15,16). The van der Waals surface area contributed by atoms with Gasteiger partial charge in [0.15, 0.2) is 9.84 Å². The number of hydrogen-bond acceptors (Lipinski definition) is 4. The number of carboxylic acids is 1. The largest absolute Gasteiger partial charge is 0.478 e. The molecule has 110 valence electrons. The van der Waals surface area contributed by atoms with Crippen LogP contribution < -0.4 is 0 Å². The Kier molecular flexibility index (Phi) is 4.10. The number of benzene rings is 1. The van der Waals surface area contributed by atoms with E-state index in [4.69, 9.17) is 9.84 Å². The third-order valence-corrected chi connectivity index (χ3v) is 5.64. The summed E-state index contributed by atoms with van der Waals surface area (Å²) >= 11 is 0. The highest BCUT2D eigenvalue weighted by molar-refractivity contribution is 7.92. The van der Waals surface area contributed by atoms with Crippen molar-refractivity contribution in [3.8, 4) is 0 Å². The summed E-state index contributed by atoms with van der Waals surface area (Å²) in [6.07, 6.45) is 0.725. The Morgan fingerprint density at radius 1 is 1.35 bits per heavy atom. The number of carboxylic acid groups (broad SMARTS) is 1. The number of carbonyl (C=O) groups is 1. The molecule has 2 rings (SSSR count). The zero-order valence-electron chi connectivity index (χ0n) is 10.9. The summed E-state index contributed by atoms with van der Waals surface area (Å²) in [7, 11) is -3.67. The van der Waals surface area contributed by atoms with E-state index in [1.807, 2.05) is 0 Å². The molecule has 1 saturated heterocycles. The molecule has 0 unspecified atom stereocenters. The third kappa shape index (κ3) is 2.69. The van der Waals surface area contributed by atoms with Crippen LogP contribution in [0.15, 0.2) is 17.0 Å². The Morgan fingerprint density at radius 2 is 1.95 bits per heavy atom. The van der Waals surface area contributed by atoms with Gasteiger partial charge >= 0.3 is 5.97 Å². The SMILES string of the molecule is Cc1cc(S(=O)(=O)C2CCOCC2)cc(C(=O)O)c1F. The number of aromatic carboxylic acids is 1. The molecule has 0 spiro atoms. The molecule has 0 atom stereocenters. The highest BCUT2D eigenvalue weighted by atomic mass is 32.2. The van der Waals surface area contributed by atoms with E-state index < -0.39 is 32.4 Å². The summed E-state index contributed by atoms with van der Waals surface area (Å²) in [5, 5.41) is 8.33. The zero-order valence-corrected chi connectivity index (χ0v) is 11.7. The van der Waals surface area contributed by atoms with Crippen LogP contribution in [-0.4, -0.2) is 38.0 Å². The Bertz CT molecular complexity index is 632.